The number of nitrogens with zero attached hydrogens (tertiary/aromatic N) is 1. The molecule has 0 saturated heterocycles. The molecule has 0 aliphatic heterocycles. The Balaban J connectivity index is 2.29. The van der Waals surface area contributed by atoms with Gasteiger partial charge in [0.05, 0.1) is 19.6 Å². The first-order valence-corrected chi connectivity index (χ1v) is 7.30. The summed E-state index contributed by atoms with van der Waals surface area (Å²) in [6.07, 6.45) is 0. The van der Waals surface area contributed by atoms with E-state index in [1.165, 1.54) is 0 Å². The molecule has 0 spiro atoms. The predicted molar refractivity (Wildman–Crippen MR) is 84.0 cm³/mol. The first-order valence-electron chi connectivity index (χ1n) is 7.30. The van der Waals surface area contributed by atoms with E-state index < -0.39 is 5.97 Å². The van der Waals surface area contributed by atoms with Crippen molar-refractivity contribution >= 4 is 11.9 Å². The van der Waals surface area contributed by atoms with Crippen molar-refractivity contribution in [1.29, 1.82) is 0 Å². The largest absolute Gasteiger partial charge is 0.492 e. The highest BCUT2D eigenvalue weighted by Gasteiger charge is 2.16. The highest BCUT2D eigenvalue weighted by molar-refractivity contribution is 5.79. The Kier molecular flexibility index (Phi) is 7.39. The third-order valence-corrected chi connectivity index (χ3v) is 3.10. The number of ether oxygens (including phenoxy) is 1. The highest BCUT2D eigenvalue weighted by Crippen LogP contribution is 2.11. The van der Waals surface area contributed by atoms with Crippen LogP contribution in [-0.4, -0.2) is 54.2 Å². The van der Waals surface area contributed by atoms with Gasteiger partial charge in [-0.15, -0.1) is 0 Å². The number of hydrogen-bond acceptors (Lipinski definition) is 4. The van der Waals surface area contributed by atoms with Crippen LogP contribution in [0, 0.1) is 6.92 Å². The maximum atomic E-state index is 11.8. The van der Waals surface area contributed by atoms with Crippen molar-refractivity contribution < 1.29 is 19.4 Å². The average molecular weight is 308 g/mol. The average Bonchev–Trinajstić information content (AvgIpc) is 2.42. The van der Waals surface area contributed by atoms with Crippen LogP contribution in [-0.2, 0) is 9.59 Å². The van der Waals surface area contributed by atoms with Gasteiger partial charge in [-0.3, -0.25) is 14.5 Å². The molecule has 6 nitrogen and oxygen atoms in total. The molecule has 6 heteroatoms. The van der Waals surface area contributed by atoms with Crippen LogP contribution in [0.25, 0.3) is 0 Å². The summed E-state index contributed by atoms with van der Waals surface area (Å²) in [4.78, 5) is 24.1. The molecule has 1 rings (SSSR count). The molecule has 0 atom stereocenters. The normalized spacial score (nSPS) is 10.8. The van der Waals surface area contributed by atoms with Crippen LogP contribution in [0.15, 0.2) is 24.3 Å². The third-order valence-electron chi connectivity index (χ3n) is 3.10. The molecule has 0 saturated carbocycles. The number of aliphatic carboxylic acids is 1. The van der Waals surface area contributed by atoms with E-state index in [-0.39, 0.29) is 25.0 Å². The lowest BCUT2D eigenvalue weighted by Gasteiger charge is -2.23. The van der Waals surface area contributed by atoms with Crippen LogP contribution >= 0.6 is 0 Å². The number of hydrogen-bond donors (Lipinski definition) is 2. The zero-order valence-corrected chi connectivity index (χ0v) is 13.3. The summed E-state index contributed by atoms with van der Waals surface area (Å²) in [6.45, 7) is 6.37. The molecule has 0 heterocycles. The molecule has 22 heavy (non-hydrogen) atoms. The van der Waals surface area contributed by atoms with Crippen LogP contribution < -0.4 is 10.1 Å². The van der Waals surface area contributed by atoms with Gasteiger partial charge in [0.2, 0.25) is 5.91 Å². The van der Waals surface area contributed by atoms with Crippen LogP contribution in [0.4, 0.5) is 0 Å². The summed E-state index contributed by atoms with van der Waals surface area (Å²) in [5, 5.41) is 11.5. The van der Waals surface area contributed by atoms with E-state index in [2.05, 4.69) is 5.32 Å². The second-order valence-electron chi connectivity index (χ2n) is 5.41. The minimum absolute atomic E-state index is 0.00889. The summed E-state index contributed by atoms with van der Waals surface area (Å²) in [5.41, 5.74) is 1.11. The molecule has 0 aliphatic rings. The Labute approximate surface area is 131 Å². The Bertz CT molecular complexity index is 503. The molecule has 122 valence electrons. The standard InChI is InChI=1S/C16H24N2O4/c1-12(2)18(11-16(20)21)10-15(19)17-7-8-22-14-6-4-5-13(3)9-14/h4-6,9,12H,7-8,10-11H2,1-3H3,(H,17,19)(H,20,21). The minimum Gasteiger partial charge on any atom is -0.492 e. The van der Waals surface area contributed by atoms with E-state index >= 15 is 0 Å². The van der Waals surface area contributed by atoms with Gasteiger partial charge >= 0.3 is 5.97 Å². The van der Waals surface area contributed by atoms with Crippen molar-refractivity contribution in [3.8, 4) is 5.75 Å². The monoisotopic (exact) mass is 308 g/mol. The summed E-state index contributed by atoms with van der Waals surface area (Å²) in [7, 11) is 0. The molecule has 0 bridgehead atoms. The zero-order chi connectivity index (χ0) is 16.5. The molecule has 1 amide bonds. The fraction of sp³-hybridized carbons (Fsp3) is 0.500. The van der Waals surface area contributed by atoms with Crippen LogP contribution in [0.2, 0.25) is 0 Å². The van der Waals surface area contributed by atoms with Gasteiger partial charge in [-0.25, -0.2) is 0 Å². The SMILES string of the molecule is Cc1cccc(OCCNC(=O)CN(CC(=O)O)C(C)C)c1. The first kappa shape index (κ1) is 18.0. The Hall–Kier alpha value is -2.08. The van der Waals surface area contributed by atoms with Gasteiger partial charge in [-0.2, -0.15) is 0 Å². The van der Waals surface area contributed by atoms with Gasteiger partial charge in [-0.05, 0) is 38.5 Å². The second-order valence-corrected chi connectivity index (χ2v) is 5.41. The first-order chi connectivity index (χ1) is 10.4. The van der Waals surface area contributed by atoms with Crippen LogP contribution in [0.1, 0.15) is 19.4 Å². The zero-order valence-electron chi connectivity index (χ0n) is 13.3. The molecule has 0 aromatic heterocycles. The quantitative estimate of drug-likeness (QED) is 0.672. The predicted octanol–water partition coefficient (Wildman–Crippen LogP) is 1.29. The molecular weight excluding hydrogens is 284 g/mol. The van der Waals surface area contributed by atoms with Crippen molar-refractivity contribution in [3.63, 3.8) is 0 Å². The Morgan fingerprint density at radius 2 is 2.05 bits per heavy atom. The minimum atomic E-state index is -0.940. The molecular formula is C16H24N2O4. The van der Waals surface area contributed by atoms with E-state index in [0.29, 0.717) is 13.2 Å². The summed E-state index contributed by atoms with van der Waals surface area (Å²) < 4.78 is 5.53. The fourth-order valence-corrected chi connectivity index (χ4v) is 1.90. The van der Waals surface area contributed by atoms with Crippen molar-refractivity contribution in [1.82, 2.24) is 10.2 Å². The fourth-order valence-electron chi connectivity index (χ4n) is 1.90. The van der Waals surface area contributed by atoms with Crippen molar-refractivity contribution in [2.75, 3.05) is 26.2 Å². The third kappa shape index (κ3) is 7.08. The second kappa shape index (κ2) is 9.04. The number of carboxylic acid groups (broad SMARTS) is 1. The maximum absolute atomic E-state index is 11.8. The number of benzene rings is 1. The Morgan fingerprint density at radius 3 is 2.64 bits per heavy atom. The number of nitrogens with one attached hydrogen (secondary N) is 1. The van der Waals surface area contributed by atoms with E-state index in [0.717, 1.165) is 11.3 Å². The molecule has 1 aromatic rings. The lowest BCUT2D eigenvalue weighted by atomic mass is 10.2. The van der Waals surface area contributed by atoms with Crippen molar-refractivity contribution in [2.45, 2.75) is 26.8 Å². The number of carbonyl (C=O) groups excluding carboxylic acids is 1. The van der Waals surface area contributed by atoms with E-state index in [4.69, 9.17) is 9.84 Å². The van der Waals surface area contributed by atoms with E-state index in [1.54, 1.807) is 4.90 Å². The number of rotatable bonds is 9. The van der Waals surface area contributed by atoms with Crippen molar-refractivity contribution in [2.24, 2.45) is 0 Å². The molecule has 0 fully saturated rings. The number of carboxylic acids is 1. The number of amides is 1. The molecule has 1 aromatic carbocycles. The molecule has 0 aliphatic carbocycles. The smallest absolute Gasteiger partial charge is 0.317 e. The van der Waals surface area contributed by atoms with E-state index in [1.807, 2.05) is 45.0 Å². The Morgan fingerprint density at radius 1 is 1.32 bits per heavy atom. The molecule has 0 unspecified atom stereocenters. The van der Waals surface area contributed by atoms with Crippen LogP contribution in [0.5, 0.6) is 5.75 Å². The summed E-state index contributed by atoms with van der Waals surface area (Å²) in [6, 6.07) is 7.68. The van der Waals surface area contributed by atoms with Gasteiger partial charge in [0.25, 0.3) is 0 Å². The summed E-state index contributed by atoms with van der Waals surface area (Å²) in [5.74, 6) is -0.379. The highest BCUT2D eigenvalue weighted by atomic mass is 16.5. The van der Waals surface area contributed by atoms with Crippen molar-refractivity contribution in [3.05, 3.63) is 29.8 Å². The van der Waals surface area contributed by atoms with Gasteiger partial charge < -0.3 is 15.2 Å². The topological polar surface area (TPSA) is 78.9 Å². The molecule has 2 N–H and O–H groups in total. The van der Waals surface area contributed by atoms with Gasteiger partial charge in [-0.1, -0.05) is 12.1 Å². The summed E-state index contributed by atoms with van der Waals surface area (Å²) >= 11 is 0. The van der Waals surface area contributed by atoms with E-state index in [9.17, 15) is 9.59 Å². The van der Waals surface area contributed by atoms with Gasteiger partial charge in [0.1, 0.15) is 12.4 Å². The number of aryl methyl sites for hydroxylation is 1. The maximum Gasteiger partial charge on any atom is 0.317 e. The van der Waals surface area contributed by atoms with Gasteiger partial charge in [0.15, 0.2) is 0 Å². The lowest BCUT2D eigenvalue weighted by molar-refractivity contribution is -0.139. The number of carbonyl (C=O) groups is 2. The van der Waals surface area contributed by atoms with Gasteiger partial charge in [0, 0.05) is 6.04 Å². The van der Waals surface area contributed by atoms with Crippen LogP contribution in [0.3, 0.4) is 0 Å². The molecule has 0 radical (unpaired) electrons. The lowest BCUT2D eigenvalue weighted by Crippen LogP contribution is -2.44.